The van der Waals surface area contributed by atoms with Crippen LogP contribution in [0.2, 0.25) is 5.02 Å². The predicted octanol–water partition coefficient (Wildman–Crippen LogP) is 4.85. The van der Waals surface area contributed by atoms with Gasteiger partial charge in [0, 0.05) is 23.7 Å². The first-order valence-electron chi connectivity index (χ1n) is 9.08. The van der Waals surface area contributed by atoms with E-state index in [1.807, 2.05) is 42.5 Å². The summed E-state index contributed by atoms with van der Waals surface area (Å²) in [6.45, 7) is 3.56. The number of thiazole rings is 1. The summed E-state index contributed by atoms with van der Waals surface area (Å²) in [5, 5.41) is 5.87. The molecule has 0 unspecified atom stereocenters. The van der Waals surface area contributed by atoms with E-state index in [1.165, 1.54) is 0 Å². The molecule has 2 aromatic carbocycles. The highest BCUT2D eigenvalue weighted by atomic mass is 35.5. The van der Waals surface area contributed by atoms with Crippen LogP contribution in [0, 0.1) is 0 Å². The standard InChI is InChI=1S/C21H20ClN3O2S/c22-18-8-6-16(7-9-18)15-27-23-14-19-20(17-4-2-1-3-5-17)24-21(28-19)25-10-12-26-13-11-25/h1-9,14H,10-13,15H2/b23-14+. The van der Waals surface area contributed by atoms with Crippen LogP contribution in [0.25, 0.3) is 11.3 Å². The maximum absolute atomic E-state index is 5.91. The van der Waals surface area contributed by atoms with Crippen LogP contribution in [0.3, 0.4) is 0 Å². The van der Waals surface area contributed by atoms with Crippen LogP contribution in [-0.2, 0) is 16.2 Å². The molecule has 1 saturated heterocycles. The van der Waals surface area contributed by atoms with Crippen LogP contribution in [0.1, 0.15) is 10.4 Å². The molecule has 28 heavy (non-hydrogen) atoms. The van der Waals surface area contributed by atoms with Crippen molar-refractivity contribution in [3.05, 3.63) is 70.1 Å². The van der Waals surface area contributed by atoms with E-state index in [1.54, 1.807) is 17.6 Å². The second-order valence-electron chi connectivity index (χ2n) is 6.31. The summed E-state index contributed by atoms with van der Waals surface area (Å²) in [6.07, 6.45) is 1.75. The Morgan fingerprint density at radius 2 is 1.86 bits per heavy atom. The third kappa shape index (κ3) is 4.70. The van der Waals surface area contributed by atoms with Crippen molar-refractivity contribution < 1.29 is 9.57 Å². The van der Waals surface area contributed by atoms with Crippen LogP contribution in [0.5, 0.6) is 0 Å². The average Bonchev–Trinajstić information content (AvgIpc) is 3.18. The number of ether oxygens (including phenoxy) is 1. The Morgan fingerprint density at radius 1 is 1.11 bits per heavy atom. The summed E-state index contributed by atoms with van der Waals surface area (Å²) in [4.78, 5) is 13.6. The van der Waals surface area contributed by atoms with Crippen LogP contribution < -0.4 is 4.90 Å². The Balaban J connectivity index is 1.52. The van der Waals surface area contributed by atoms with E-state index in [2.05, 4.69) is 22.2 Å². The van der Waals surface area contributed by atoms with E-state index in [-0.39, 0.29) is 0 Å². The maximum atomic E-state index is 5.91. The normalized spacial score (nSPS) is 14.5. The number of hydrogen-bond acceptors (Lipinski definition) is 6. The minimum atomic E-state index is 0.392. The summed E-state index contributed by atoms with van der Waals surface area (Å²) in [5.74, 6) is 0. The number of rotatable bonds is 6. The largest absolute Gasteiger partial charge is 0.391 e. The van der Waals surface area contributed by atoms with Gasteiger partial charge in [-0.15, -0.1) is 0 Å². The summed E-state index contributed by atoms with van der Waals surface area (Å²) >= 11 is 7.53. The predicted molar refractivity (Wildman–Crippen MR) is 114 cm³/mol. The molecule has 0 bridgehead atoms. The van der Waals surface area contributed by atoms with E-state index in [0.717, 1.165) is 53.1 Å². The number of hydrogen-bond donors (Lipinski definition) is 0. The highest BCUT2D eigenvalue weighted by molar-refractivity contribution is 7.17. The van der Waals surface area contributed by atoms with Crippen molar-refractivity contribution in [3.63, 3.8) is 0 Å². The lowest BCUT2D eigenvalue weighted by atomic mass is 10.1. The van der Waals surface area contributed by atoms with Gasteiger partial charge in [-0.25, -0.2) is 4.98 Å². The van der Waals surface area contributed by atoms with Crippen molar-refractivity contribution in [1.82, 2.24) is 4.98 Å². The Hall–Kier alpha value is -2.41. The fraction of sp³-hybridized carbons (Fsp3) is 0.238. The molecule has 7 heteroatoms. The average molecular weight is 414 g/mol. The Kier molecular flexibility index (Phi) is 6.21. The molecule has 0 atom stereocenters. The molecule has 1 aliphatic heterocycles. The SMILES string of the molecule is Clc1ccc(CO/N=C/c2sc(N3CCOCC3)nc2-c2ccccc2)cc1. The van der Waals surface area contributed by atoms with Gasteiger partial charge in [0.25, 0.3) is 0 Å². The van der Waals surface area contributed by atoms with Gasteiger partial charge in [-0.1, -0.05) is 70.6 Å². The van der Waals surface area contributed by atoms with E-state index in [4.69, 9.17) is 26.2 Å². The lowest BCUT2D eigenvalue weighted by Gasteiger charge is -2.26. The van der Waals surface area contributed by atoms with Crippen LogP contribution in [-0.4, -0.2) is 37.5 Å². The van der Waals surface area contributed by atoms with E-state index >= 15 is 0 Å². The minimum Gasteiger partial charge on any atom is -0.391 e. The maximum Gasteiger partial charge on any atom is 0.186 e. The molecule has 1 aliphatic rings. The molecule has 4 rings (SSSR count). The zero-order valence-corrected chi connectivity index (χ0v) is 16.8. The number of oxime groups is 1. The van der Waals surface area contributed by atoms with Gasteiger partial charge >= 0.3 is 0 Å². The second-order valence-corrected chi connectivity index (χ2v) is 7.75. The molecule has 1 aromatic heterocycles. The number of halogens is 1. The van der Waals surface area contributed by atoms with Gasteiger partial charge in [-0.05, 0) is 17.7 Å². The van der Waals surface area contributed by atoms with Crippen molar-refractivity contribution in [3.8, 4) is 11.3 Å². The molecule has 0 radical (unpaired) electrons. The molecule has 144 valence electrons. The fourth-order valence-electron chi connectivity index (χ4n) is 2.88. The number of nitrogens with zero attached hydrogens (tertiary/aromatic N) is 3. The van der Waals surface area contributed by atoms with Gasteiger partial charge in [0.1, 0.15) is 6.61 Å². The van der Waals surface area contributed by atoms with Gasteiger partial charge < -0.3 is 14.5 Å². The second kappa shape index (κ2) is 9.19. The number of anilines is 1. The minimum absolute atomic E-state index is 0.392. The van der Waals surface area contributed by atoms with E-state index in [0.29, 0.717) is 11.6 Å². The van der Waals surface area contributed by atoms with Gasteiger partial charge in [0.05, 0.1) is 30.0 Å². The molecule has 1 fully saturated rings. The molecule has 5 nitrogen and oxygen atoms in total. The van der Waals surface area contributed by atoms with Gasteiger partial charge in [0.15, 0.2) is 5.13 Å². The molecule has 0 aliphatic carbocycles. The summed E-state index contributed by atoms with van der Waals surface area (Å²) < 4.78 is 5.45. The highest BCUT2D eigenvalue weighted by Gasteiger charge is 2.18. The molecule has 3 aromatic rings. The molecule has 0 amide bonds. The van der Waals surface area contributed by atoms with Gasteiger partial charge in [0.2, 0.25) is 0 Å². The first-order chi connectivity index (χ1) is 13.8. The number of aromatic nitrogens is 1. The molecule has 0 spiro atoms. The third-order valence-corrected chi connectivity index (χ3v) is 5.66. The zero-order valence-electron chi connectivity index (χ0n) is 15.3. The van der Waals surface area contributed by atoms with E-state index < -0.39 is 0 Å². The van der Waals surface area contributed by atoms with Gasteiger partial charge in [-0.3, -0.25) is 0 Å². The van der Waals surface area contributed by atoms with Crippen LogP contribution in [0.4, 0.5) is 5.13 Å². The van der Waals surface area contributed by atoms with Crippen molar-refractivity contribution in [2.24, 2.45) is 5.16 Å². The summed E-state index contributed by atoms with van der Waals surface area (Å²) in [6, 6.07) is 17.7. The number of morpholine rings is 1. The highest BCUT2D eigenvalue weighted by Crippen LogP contribution is 2.32. The van der Waals surface area contributed by atoms with Crippen molar-refractivity contribution in [2.45, 2.75) is 6.61 Å². The fourth-order valence-corrected chi connectivity index (χ4v) is 4.01. The van der Waals surface area contributed by atoms with Crippen molar-refractivity contribution in [2.75, 3.05) is 31.2 Å². The molecular formula is C21H20ClN3O2S. The van der Waals surface area contributed by atoms with Crippen molar-refractivity contribution in [1.29, 1.82) is 0 Å². The Morgan fingerprint density at radius 3 is 2.61 bits per heavy atom. The topological polar surface area (TPSA) is 47.0 Å². The Bertz CT molecular complexity index is 923. The molecule has 0 saturated carbocycles. The number of benzene rings is 2. The lowest BCUT2D eigenvalue weighted by molar-refractivity contribution is 0.122. The summed E-state index contributed by atoms with van der Waals surface area (Å²) in [5.41, 5.74) is 3.01. The van der Waals surface area contributed by atoms with Crippen LogP contribution in [0.15, 0.2) is 59.8 Å². The van der Waals surface area contributed by atoms with Crippen LogP contribution >= 0.6 is 22.9 Å². The monoisotopic (exact) mass is 413 g/mol. The zero-order chi connectivity index (χ0) is 19.2. The first-order valence-corrected chi connectivity index (χ1v) is 10.3. The molecule has 0 N–H and O–H groups in total. The smallest absolute Gasteiger partial charge is 0.186 e. The van der Waals surface area contributed by atoms with Crippen molar-refractivity contribution >= 4 is 34.3 Å². The Labute approximate surface area is 173 Å². The van der Waals surface area contributed by atoms with E-state index in [9.17, 15) is 0 Å². The molecule has 2 heterocycles. The summed E-state index contributed by atoms with van der Waals surface area (Å²) in [7, 11) is 0. The first kappa shape index (κ1) is 18.9. The lowest BCUT2D eigenvalue weighted by Crippen LogP contribution is -2.36. The van der Waals surface area contributed by atoms with Gasteiger partial charge in [-0.2, -0.15) is 0 Å². The quantitative estimate of drug-likeness (QED) is 0.428. The molecular weight excluding hydrogens is 394 g/mol. The third-order valence-electron chi connectivity index (χ3n) is 4.36.